The number of fused-ring (bicyclic) bond motifs is 1. The maximum Gasteiger partial charge on any atom is 0.410 e. The first-order valence-electron chi connectivity index (χ1n) is 6.62. The minimum absolute atomic E-state index is 0.0596. The summed E-state index contributed by atoms with van der Waals surface area (Å²) in [5, 5.41) is 0. The first kappa shape index (κ1) is 14.1. The minimum Gasteiger partial charge on any atom is -0.466 e. The van der Waals surface area contributed by atoms with Gasteiger partial charge in [-0.1, -0.05) is 0 Å². The van der Waals surface area contributed by atoms with E-state index in [1.807, 2.05) is 20.8 Å². The van der Waals surface area contributed by atoms with Gasteiger partial charge in [0.2, 0.25) is 0 Å². The van der Waals surface area contributed by atoms with E-state index in [0.717, 1.165) is 0 Å². The Labute approximate surface area is 113 Å². The molecule has 3 atom stereocenters. The number of piperidine rings is 1. The number of amides is 1. The monoisotopic (exact) mass is 271 g/mol. The first-order chi connectivity index (χ1) is 8.81. The van der Waals surface area contributed by atoms with Gasteiger partial charge < -0.3 is 19.1 Å². The molecule has 0 N–H and O–H groups in total. The lowest BCUT2D eigenvalue weighted by Crippen LogP contribution is -2.48. The lowest BCUT2D eigenvalue weighted by molar-refractivity contribution is -0.149. The van der Waals surface area contributed by atoms with Gasteiger partial charge in [-0.3, -0.25) is 4.79 Å². The predicted octanol–water partition coefficient (Wildman–Crippen LogP) is 1.18. The topological polar surface area (TPSA) is 68.4 Å². The molecule has 2 heterocycles. The number of epoxide rings is 1. The van der Waals surface area contributed by atoms with Gasteiger partial charge in [-0.05, 0) is 27.7 Å². The van der Waals surface area contributed by atoms with E-state index in [1.165, 1.54) is 4.90 Å². The van der Waals surface area contributed by atoms with E-state index in [1.54, 1.807) is 6.92 Å². The van der Waals surface area contributed by atoms with Crippen molar-refractivity contribution in [3.05, 3.63) is 0 Å². The molecule has 6 heteroatoms. The number of hydrogen-bond donors (Lipinski definition) is 0. The van der Waals surface area contributed by atoms with Crippen LogP contribution in [0.4, 0.5) is 4.79 Å². The van der Waals surface area contributed by atoms with E-state index in [0.29, 0.717) is 19.7 Å². The summed E-state index contributed by atoms with van der Waals surface area (Å²) < 4.78 is 15.7. The van der Waals surface area contributed by atoms with Gasteiger partial charge in [-0.2, -0.15) is 0 Å². The molecule has 19 heavy (non-hydrogen) atoms. The number of ether oxygens (including phenoxy) is 3. The Morgan fingerprint density at radius 3 is 2.58 bits per heavy atom. The molecule has 108 valence electrons. The minimum atomic E-state index is -0.544. The number of esters is 1. The molecule has 3 unspecified atom stereocenters. The van der Waals surface area contributed by atoms with Crippen LogP contribution in [-0.4, -0.2) is 54.5 Å². The van der Waals surface area contributed by atoms with Crippen molar-refractivity contribution in [2.45, 2.75) is 45.5 Å². The highest BCUT2D eigenvalue weighted by Crippen LogP contribution is 2.36. The number of carbonyl (C=O) groups excluding carboxylic acids is 2. The smallest absolute Gasteiger partial charge is 0.410 e. The standard InChI is InChI=1S/C13H21NO5/c1-5-17-11(15)8-6-14(7-9-10(8)18-9)12(16)19-13(2,3)4/h8-10H,5-7H2,1-4H3. The number of rotatable bonds is 2. The summed E-state index contributed by atoms with van der Waals surface area (Å²) in [6.07, 6.45) is -0.566. The Morgan fingerprint density at radius 2 is 2.00 bits per heavy atom. The summed E-state index contributed by atoms with van der Waals surface area (Å²) in [7, 11) is 0. The maximum absolute atomic E-state index is 12.0. The average molecular weight is 271 g/mol. The lowest BCUT2D eigenvalue weighted by atomic mass is 9.98. The number of carbonyl (C=O) groups is 2. The third-order valence-electron chi connectivity index (χ3n) is 3.08. The van der Waals surface area contributed by atoms with Crippen LogP contribution >= 0.6 is 0 Å². The van der Waals surface area contributed by atoms with Gasteiger partial charge in [0.25, 0.3) is 0 Å². The van der Waals surface area contributed by atoms with Crippen molar-refractivity contribution in [1.82, 2.24) is 4.90 Å². The van der Waals surface area contributed by atoms with Crippen molar-refractivity contribution in [3.8, 4) is 0 Å². The fourth-order valence-electron chi connectivity index (χ4n) is 2.22. The molecule has 0 spiro atoms. The molecular formula is C13H21NO5. The van der Waals surface area contributed by atoms with Crippen LogP contribution in [0, 0.1) is 5.92 Å². The second-order valence-corrected chi connectivity index (χ2v) is 5.88. The normalized spacial score (nSPS) is 29.5. The van der Waals surface area contributed by atoms with Crippen molar-refractivity contribution in [2.75, 3.05) is 19.7 Å². The van der Waals surface area contributed by atoms with E-state index in [-0.39, 0.29) is 18.2 Å². The van der Waals surface area contributed by atoms with E-state index in [4.69, 9.17) is 14.2 Å². The zero-order valence-corrected chi connectivity index (χ0v) is 11.8. The number of likely N-dealkylation sites (tertiary alicyclic amines) is 1. The van der Waals surface area contributed by atoms with Crippen LogP contribution in [0.15, 0.2) is 0 Å². The Kier molecular flexibility index (Phi) is 3.71. The summed E-state index contributed by atoms with van der Waals surface area (Å²) in [6, 6.07) is 0. The Hall–Kier alpha value is -1.30. The molecule has 0 saturated carbocycles. The molecule has 0 aliphatic carbocycles. The fourth-order valence-corrected chi connectivity index (χ4v) is 2.22. The van der Waals surface area contributed by atoms with Crippen LogP contribution in [0.1, 0.15) is 27.7 Å². The second-order valence-electron chi connectivity index (χ2n) is 5.88. The molecule has 2 fully saturated rings. The van der Waals surface area contributed by atoms with Crippen molar-refractivity contribution in [3.63, 3.8) is 0 Å². The zero-order valence-electron chi connectivity index (χ0n) is 11.8. The van der Waals surface area contributed by atoms with E-state index < -0.39 is 17.6 Å². The Morgan fingerprint density at radius 1 is 1.32 bits per heavy atom. The molecule has 0 aromatic heterocycles. The van der Waals surface area contributed by atoms with E-state index in [2.05, 4.69) is 0 Å². The predicted molar refractivity (Wildman–Crippen MR) is 66.6 cm³/mol. The molecule has 2 aliphatic rings. The molecule has 0 aromatic rings. The van der Waals surface area contributed by atoms with Crippen LogP contribution < -0.4 is 0 Å². The number of hydrogen-bond acceptors (Lipinski definition) is 5. The molecule has 0 aromatic carbocycles. The van der Waals surface area contributed by atoms with Crippen molar-refractivity contribution < 1.29 is 23.8 Å². The summed E-state index contributed by atoms with van der Waals surface area (Å²) in [4.78, 5) is 25.3. The molecule has 2 rings (SSSR count). The largest absolute Gasteiger partial charge is 0.466 e. The summed E-state index contributed by atoms with van der Waals surface area (Å²) in [5.74, 6) is -0.700. The molecular weight excluding hydrogens is 250 g/mol. The fraction of sp³-hybridized carbons (Fsp3) is 0.846. The van der Waals surface area contributed by atoms with Crippen molar-refractivity contribution in [1.29, 1.82) is 0 Å². The molecule has 6 nitrogen and oxygen atoms in total. The summed E-state index contributed by atoms with van der Waals surface area (Å²) >= 11 is 0. The molecule has 2 saturated heterocycles. The van der Waals surface area contributed by atoms with Gasteiger partial charge in [0.05, 0.1) is 13.2 Å². The second kappa shape index (κ2) is 5.00. The van der Waals surface area contributed by atoms with E-state index in [9.17, 15) is 9.59 Å². The number of nitrogens with zero attached hydrogens (tertiary/aromatic N) is 1. The van der Waals surface area contributed by atoms with Gasteiger partial charge in [0.1, 0.15) is 23.7 Å². The van der Waals surface area contributed by atoms with Crippen LogP contribution in [-0.2, 0) is 19.0 Å². The molecule has 0 radical (unpaired) electrons. The maximum atomic E-state index is 12.0. The molecule has 2 aliphatic heterocycles. The van der Waals surface area contributed by atoms with Crippen molar-refractivity contribution >= 4 is 12.1 Å². The molecule has 0 bridgehead atoms. The highest BCUT2D eigenvalue weighted by molar-refractivity contribution is 5.76. The van der Waals surface area contributed by atoms with E-state index >= 15 is 0 Å². The quantitative estimate of drug-likeness (QED) is 0.557. The van der Waals surface area contributed by atoms with Gasteiger partial charge in [0, 0.05) is 6.54 Å². The van der Waals surface area contributed by atoms with Gasteiger partial charge in [-0.25, -0.2) is 4.79 Å². The Bertz CT molecular complexity index is 376. The van der Waals surface area contributed by atoms with Crippen LogP contribution in [0.2, 0.25) is 0 Å². The SMILES string of the molecule is CCOC(=O)C1CN(C(=O)OC(C)(C)C)CC2OC21. The highest BCUT2D eigenvalue weighted by Gasteiger charge is 2.54. The highest BCUT2D eigenvalue weighted by atomic mass is 16.6. The van der Waals surface area contributed by atoms with Crippen LogP contribution in [0.25, 0.3) is 0 Å². The van der Waals surface area contributed by atoms with Gasteiger partial charge in [0.15, 0.2) is 0 Å². The first-order valence-corrected chi connectivity index (χ1v) is 6.62. The third-order valence-corrected chi connectivity index (χ3v) is 3.08. The van der Waals surface area contributed by atoms with Crippen LogP contribution in [0.5, 0.6) is 0 Å². The summed E-state index contributed by atoms with van der Waals surface area (Å²) in [5.41, 5.74) is -0.544. The Balaban J connectivity index is 1.97. The van der Waals surface area contributed by atoms with Crippen molar-refractivity contribution in [2.24, 2.45) is 5.92 Å². The summed E-state index contributed by atoms with van der Waals surface area (Å²) in [6.45, 7) is 8.32. The third kappa shape index (κ3) is 3.37. The zero-order chi connectivity index (χ0) is 14.2. The van der Waals surface area contributed by atoms with Crippen LogP contribution in [0.3, 0.4) is 0 Å². The average Bonchev–Trinajstić information content (AvgIpc) is 3.04. The van der Waals surface area contributed by atoms with Gasteiger partial charge >= 0.3 is 12.1 Å². The molecule has 1 amide bonds. The lowest BCUT2D eigenvalue weighted by Gasteiger charge is -2.31. The van der Waals surface area contributed by atoms with Gasteiger partial charge in [-0.15, -0.1) is 0 Å².